The van der Waals surface area contributed by atoms with E-state index in [1.54, 1.807) is 0 Å². The van der Waals surface area contributed by atoms with Crippen molar-refractivity contribution in [3.05, 3.63) is 41.5 Å². The Balaban J connectivity index is 1.43. The fourth-order valence-corrected chi connectivity index (χ4v) is 4.26. The van der Waals surface area contributed by atoms with E-state index < -0.39 is 0 Å². The number of imidazole rings is 1. The van der Waals surface area contributed by atoms with Crippen LogP contribution in [-0.4, -0.2) is 31.4 Å². The molecular formula is C22H30N6O. The van der Waals surface area contributed by atoms with E-state index in [1.165, 1.54) is 19.3 Å². The second kappa shape index (κ2) is 8.27. The summed E-state index contributed by atoms with van der Waals surface area (Å²) in [6, 6.07) is 8.16. The minimum atomic E-state index is -0.128. The maximum absolute atomic E-state index is 12.3. The van der Waals surface area contributed by atoms with E-state index in [1.807, 2.05) is 36.9 Å². The lowest BCUT2D eigenvalue weighted by atomic mass is 9.96. The third kappa shape index (κ3) is 4.44. The van der Waals surface area contributed by atoms with Gasteiger partial charge in [0, 0.05) is 37.4 Å². The quantitative estimate of drug-likeness (QED) is 0.684. The van der Waals surface area contributed by atoms with Gasteiger partial charge in [-0.3, -0.25) is 4.68 Å². The lowest BCUT2D eigenvalue weighted by molar-refractivity contribution is 0.244. The molecule has 1 aromatic carbocycles. The molecule has 2 N–H and O–H groups in total. The van der Waals surface area contributed by atoms with Gasteiger partial charge in [-0.15, -0.1) is 0 Å². The van der Waals surface area contributed by atoms with E-state index in [0.717, 1.165) is 59.7 Å². The number of amides is 2. The maximum Gasteiger partial charge on any atom is 0.319 e. The van der Waals surface area contributed by atoms with E-state index in [4.69, 9.17) is 4.98 Å². The highest BCUT2D eigenvalue weighted by Gasteiger charge is 2.16. The summed E-state index contributed by atoms with van der Waals surface area (Å²) >= 11 is 0. The van der Waals surface area contributed by atoms with Gasteiger partial charge in [0.05, 0.1) is 16.7 Å². The largest absolute Gasteiger partial charge is 0.335 e. The average molecular weight is 395 g/mol. The number of nitrogens with one attached hydrogen (secondary N) is 2. The van der Waals surface area contributed by atoms with Crippen LogP contribution < -0.4 is 10.6 Å². The molecular weight excluding hydrogens is 364 g/mol. The number of hydrogen-bond donors (Lipinski definition) is 2. The predicted molar refractivity (Wildman–Crippen MR) is 115 cm³/mol. The Hall–Kier alpha value is -2.83. The van der Waals surface area contributed by atoms with Crippen molar-refractivity contribution < 1.29 is 4.79 Å². The van der Waals surface area contributed by atoms with Gasteiger partial charge in [-0.1, -0.05) is 19.3 Å². The molecule has 0 atom stereocenters. The molecule has 1 saturated carbocycles. The number of rotatable bonds is 5. The highest BCUT2D eigenvalue weighted by molar-refractivity contribution is 5.92. The summed E-state index contributed by atoms with van der Waals surface area (Å²) in [5, 5.41) is 10.6. The topological polar surface area (TPSA) is 76.8 Å². The van der Waals surface area contributed by atoms with Gasteiger partial charge in [0.2, 0.25) is 0 Å². The molecule has 0 radical (unpaired) electrons. The van der Waals surface area contributed by atoms with E-state index in [0.29, 0.717) is 6.04 Å². The smallest absolute Gasteiger partial charge is 0.319 e. The number of fused-ring (bicyclic) bond motifs is 1. The van der Waals surface area contributed by atoms with Gasteiger partial charge in [-0.05, 0) is 51.0 Å². The van der Waals surface area contributed by atoms with Gasteiger partial charge < -0.3 is 15.2 Å². The van der Waals surface area contributed by atoms with Crippen LogP contribution in [0.5, 0.6) is 0 Å². The van der Waals surface area contributed by atoms with Gasteiger partial charge in [-0.25, -0.2) is 9.78 Å². The molecule has 2 aromatic heterocycles. The van der Waals surface area contributed by atoms with Crippen LogP contribution in [0.2, 0.25) is 0 Å². The van der Waals surface area contributed by atoms with Crippen molar-refractivity contribution in [2.45, 2.75) is 65.0 Å². The minimum absolute atomic E-state index is 0.128. The molecule has 1 aliphatic rings. The van der Waals surface area contributed by atoms with Crippen molar-refractivity contribution in [1.82, 2.24) is 24.6 Å². The van der Waals surface area contributed by atoms with Crippen molar-refractivity contribution in [1.29, 1.82) is 0 Å². The molecule has 3 aromatic rings. The van der Waals surface area contributed by atoms with Crippen molar-refractivity contribution in [2.75, 3.05) is 5.32 Å². The molecule has 0 unspecified atom stereocenters. The molecule has 0 saturated heterocycles. The van der Waals surface area contributed by atoms with Crippen LogP contribution in [0.25, 0.3) is 11.0 Å². The Labute approximate surface area is 171 Å². The van der Waals surface area contributed by atoms with Gasteiger partial charge in [0.25, 0.3) is 0 Å². The normalized spacial score (nSPS) is 15.0. The zero-order chi connectivity index (χ0) is 20.4. The Morgan fingerprint density at radius 2 is 1.97 bits per heavy atom. The van der Waals surface area contributed by atoms with Gasteiger partial charge in [0.1, 0.15) is 5.82 Å². The second-order valence-electron chi connectivity index (χ2n) is 8.12. The summed E-state index contributed by atoms with van der Waals surface area (Å²) in [5.41, 5.74) is 4.93. The molecule has 29 heavy (non-hydrogen) atoms. The number of carbonyl (C=O) groups is 1. The van der Waals surface area contributed by atoms with E-state index in [9.17, 15) is 4.79 Å². The second-order valence-corrected chi connectivity index (χ2v) is 8.12. The number of aromatic nitrogens is 4. The number of anilines is 1. The first kappa shape index (κ1) is 19.5. The van der Waals surface area contributed by atoms with Crippen LogP contribution in [0.3, 0.4) is 0 Å². The molecule has 2 amide bonds. The van der Waals surface area contributed by atoms with Crippen LogP contribution in [0, 0.1) is 13.8 Å². The number of carbonyl (C=O) groups excluding carboxylic acids is 1. The zero-order valence-electron chi connectivity index (χ0n) is 17.5. The van der Waals surface area contributed by atoms with E-state index in [-0.39, 0.29) is 6.03 Å². The van der Waals surface area contributed by atoms with Crippen LogP contribution in [-0.2, 0) is 20.0 Å². The molecule has 4 rings (SSSR count). The summed E-state index contributed by atoms with van der Waals surface area (Å²) < 4.78 is 4.14. The van der Waals surface area contributed by atoms with Crippen molar-refractivity contribution in [3.8, 4) is 0 Å². The van der Waals surface area contributed by atoms with E-state index in [2.05, 4.69) is 33.3 Å². The molecule has 1 fully saturated rings. The fraction of sp³-hybridized carbons (Fsp3) is 0.500. The summed E-state index contributed by atoms with van der Waals surface area (Å²) in [6.07, 6.45) is 6.63. The molecule has 0 aliphatic heterocycles. The number of urea groups is 1. The number of nitrogens with zero attached hydrogens (tertiary/aromatic N) is 4. The third-order valence-electron chi connectivity index (χ3n) is 5.82. The summed E-state index contributed by atoms with van der Waals surface area (Å²) in [6.45, 7) is 4.88. The average Bonchev–Trinajstić information content (AvgIpc) is 3.18. The molecule has 0 bridgehead atoms. The highest BCUT2D eigenvalue weighted by Crippen LogP contribution is 2.21. The first-order valence-corrected chi connectivity index (χ1v) is 10.5. The maximum atomic E-state index is 12.3. The number of aryl methyl sites for hydroxylation is 5. The summed E-state index contributed by atoms with van der Waals surface area (Å²) in [4.78, 5) is 17.1. The Bertz CT molecular complexity index is 1010. The predicted octanol–water partition coefficient (Wildman–Crippen LogP) is 4.08. The minimum Gasteiger partial charge on any atom is -0.335 e. The number of hydrogen-bond acceptors (Lipinski definition) is 3. The monoisotopic (exact) mass is 394 g/mol. The zero-order valence-corrected chi connectivity index (χ0v) is 17.5. The molecule has 1 aliphatic carbocycles. The van der Waals surface area contributed by atoms with Crippen LogP contribution in [0.4, 0.5) is 10.5 Å². The van der Waals surface area contributed by atoms with Gasteiger partial charge >= 0.3 is 6.03 Å². The molecule has 0 spiro atoms. The lowest BCUT2D eigenvalue weighted by Crippen LogP contribution is -2.38. The SMILES string of the molecule is Cc1cc(C)n(CCc2nc3cc(NC(=O)NC4CCCCC4)ccc3n2C)n1. The van der Waals surface area contributed by atoms with Crippen molar-refractivity contribution >= 4 is 22.8 Å². The fourth-order valence-electron chi connectivity index (χ4n) is 4.26. The van der Waals surface area contributed by atoms with Gasteiger partial charge in [0.15, 0.2) is 0 Å². The number of benzene rings is 1. The lowest BCUT2D eigenvalue weighted by Gasteiger charge is -2.22. The third-order valence-corrected chi connectivity index (χ3v) is 5.82. The summed E-state index contributed by atoms with van der Waals surface area (Å²) in [5.74, 6) is 1.01. The molecule has 2 heterocycles. The standard InChI is InChI=1S/C22H30N6O/c1-15-13-16(2)28(26-15)12-11-21-25-19-14-18(9-10-20(19)27(21)3)24-22(29)23-17-7-5-4-6-8-17/h9-10,13-14,17H,4-8,11-12H2,1-3H3,(H2,23,24,29). The van der Waals surface area contributed by atoms with Crippen LogP contribution in [0.1, 0.15) is 49.3 Å². The molecule has 7 nitrogen and oxygen atoms in total. The van der Waals surface area contributed by atoms with Crippen molar-refractivity contribution in [2.24, 2.45) is 7.05 Å². The Kier molecular flexibility index (Phi) is 5.56. The Morgan fingerprint density at radius 1 is 1.17 bits per heavy atom. The van der Waals surface area contributed by atoms with Crippen molar-refractivity contribution in [3.63, 3.8) is 0 Å². The van der Waals surface area contributed by atoms with Crippen LogP contribution in [0.15, 0.2) is 24.3 Å². The van der Waals surface area contributed by atoms with Crippen LogP contribution >= 0.6 is 0 Å². The van der Waals surface area contributed by atoms with Gasteiger partial charge in [-0.2, -0.15) is 5.10 Å². The summed E-state index contributed by atoms with van der Waals surface area (Å²) in [7, 11) is 2.04. The molecule has 154 valence electrons. The first-order chi connectivity index (χ1) is 14.0. The first-order valence-electron chi connectivity index (χ1n) is 10.5. The van der Waals surface area contributed by atoms with E-state index >= 15 is 0 Å². The molecule has 7 heteroatoms. The highest BCUT2D eigenvalue weighted by atomic mass is 16.2. The Morgan fingerprint density at radius 3 is 2.69 bits per heavy atom.